The first-order chi connectivity index (χ1) is 19.6. The van der Waals surface area contributed by atoms with Crippen LogP contribution in [0.2, 0.25) is 0 Å². The van der Waals surface area contributed by atoms with Gasteiger partial charge in [-0.1, -0.05) is 105 Å². The highest BCUT2D eigenvalue weighted by Gasteiger charge is 2.00. The molecule has 0 aromatic rings. The molecular formula is C34H60O7. The topological polar surface area (TPSA) is 96.0 Å². The third-order valence-electron chi connectivity index (χ3n) is 5.04. The number of carbonyl (C=O) groups is 4. The van der Waals surface area contributed by atoms with Crippen molar-refractivity contribution in [3.63, 3.8) is 0 Å². The molecule has 0 amide bonds. The first-order valence-corrected chi connectivity index (χ1v) is 15.2. The molecule has 0 N–H and O–H groups in total. The van der Waals surface area contributed by atoms with E-state index in [2.05, 4.69) is 47.4 Å². The molecular weight excluding hydrogens is 520 g/mol. The minimum absolute atomic E-state index is 0.170. The van der Waals surface area contributed by atoms with E-state index in [0.29, 0.717) is 31.8 Å². The zero-order valence-corrected chi connectivity index (χ0v) is 27.1. The minimum Gasteiger partial charge on any atom is -0.463 e. The van der Waals surface area contributed by atoms with Crippen molar-refractivity contribution in [2.45, 2.75) is 125 Å². The second kappa shape index (κ2) is 39.2. The van der Waals surface area contributed by atoms with Gasteiger partial charge < -0.3 is 14.2 Å². The Kier molecular flexibility index (Phi) is 43.0. The van der Waals surface area contributed by atoms with Crippen molar-refractivity contribution >= 4 is 23.7 Å². The number of ketones is 1. The summed E-state index contributed by atoms with van der Waals surface area (Å²) in [6.07, 6.45) is 19.4. The third-order valence-corrected chi connectivity index (χ3v) is 5.04. The molecule has 238 valence electrons. The molecule has 0 aliphatic rings. The lowest BCUT2D eigenvalue weighted by Gasteiger charge is -2.02. The molecule has 7 nitrogen and oxygen atoms in total. The number of ether oxygens (including phenoxy) is 3. The van der Waals surface area contributed by atoms with E-state index < -0.39 is 0 Å². The van der Waals surface area contributed by atoms with Gasteiger partial charge in [-0.3, -0.25) is 4.79 Å². The Morgan fingerprint density at radius 1 is 0.610 bits per heavy atom. The number of allylic oxidation sites excluding steroid dienone is 2. The van der Waals surface area contributed by atoms with Crippen LogP contribution in [0.4, 0.5) is 0 Å². The van der Waals surface area contributed by atoms with E-state index in [1.54, 1.807) is 19.9 Å². The zero-order chi connectivity index (χ0) is 32.2. The van der Waals surface area contributed by atoms with Crippen molar-refractivity contribution in [2.75, 3.05) is 19.8 Å². The first kappa shape index (κ1) is 45.0. The summed E-state index contributed by atoms with van der Waals surface area (Å²) in [4.78, 5) is 42.5. The van der Waals surface area contributed by atoms with Gasteiger partial charge in [0.05, 0.1) is 19.8 Å². The maximum atomic E-state index is 10.8. The number of esters is 3. The van der Waals surface area contributed by atoms with E-state index in [-0.39, 0.29) is 23.7 Å². The normalized spacial score (nSPS) is 9.41. The summed E-state index contributed by atoms with van der Waals surface area (Å²) in [6.45, 7) is 23.7. The summed E-state index contributed by atoms with van der Waals surface area (Å²) in [5.74, 6) is -0.663. The SMILES string of the molecule is C/C=C/C(=O)OCCCCC.C=C(C)C(=O)OCCCCC.C=CC(=O)CCCCC.C=CC(=O)OCCCCC. The average molecular weight is 581 g/mol. The Morgan fingerprint density at radius 3 is 1.39 bits per heavy atom. The van der Waals surface area contributed by atoms with Gasteiger partial charge in [-0.25, -0.2) is 14.4 Å². The van der Waals surface area contributed by atoms with Gasteiger partial charge in [-0.2, -0.15) is 0 Å². The summed E-state index contributed by atoms with van der Waals surface area (Å²) in [7, 11) is 0. The van der Waals surface area contributed by atoms with Gasteiger partial charge >= 0.3 is 17.9 Å². The molecule has 0 aromatic carbocycles. The van der Waals surface area contributed by atoms with Gasteiger partial charge in [0, 0.05) is 24.1 Å². The van der Waals surface area contributed by atoms with E-state index in [1.807, 2.05) is 0 Å². The Morgan fingerprint density at radius 2 is 1.02 bits per heavy atom. The van der Waals surface area contributed by atoms with Crippen LogP contribution in [0, 0.1) is 0 Å². The lowest BCUT2D eigenvalue weighted by molar-refractivity contribution is -0.139. The molecule has 41 heavy (non-hydrogen) atoms. The summed E-state index contributed by atoms with van der Waals surface area (Å²) in [6, 6.07) is 0. The van der Waals surface area contributed by atoms with Crippen LogP contribution < -0.4 is 0 Å². The maximum absolute atomic E-state index is 10.8. The first-order valence-electron chi connectivity index (χ1n) is 15.2. The fourth-order valence-corrected chi connectivity index (χ4v) is 2.58. The average Bonchev–Trinajstić information content (AvgIpc) is 2.96. The fourth-order valence-electron chi connectivity index (χ4n) is 2.58. The molecule has 0 atom stereocenters. The molecule has 0 fully saturated rings. The van der Waals surface area contributed by atoms with Crippen LogP contribution in [-0.2, 0) is 33.4 Å². The smallest absolute Gasteiger partial charge is 0.333 e. The van der Waals surface area contributed by atoms with Crippen LogP contribution in [0.5, 0.6) is 0 Å². The predicted octanol–water partition coefficient (Wildman–Crippen LogP) is 8.82. The Balaban J connectivity index is -0.000000223. The minimum atomic E-state index is -0.323. The standard InChI is InChI=1S/2C9H16O2.C8H14O2.C8H14O/c1-4-5-6-7-11-9(10)8(2)3;1-3-5-6-8-11-9(10)7-4-2;1-3-5-6-7-10-8(9)4-2;1-3-5-6-7-8(9)4-2/h2,4-7H2,1,3H3;4,7H,3,5-6,8H2,1-2H3;4H,2-3,5-7H2,1H3;4H,2-3,5-7H2,1H3/b;7-4+;;. The quantitative estimate of drug-likeness (QED) is 0.0614. The number of unbranched alkanes of at least 4 members (excludes halogenated alkanes) is 8. The zero-order valence-electron chi connectivity index (χ0n) is 27.1. The predicted molar refractivity (Wildman–Crippen MR) is 171 cm³/mol. The Bertz CT molecular complexity index is 708. The summed E-state index contributed by atoms with van der Waals surface area (Å²) >= 11 is 0. The molecule has 0 radical (unpaired) electrons. The molecule has 0 aromatic heterocycles. The summed E-state index contributed by atoms with van der Waals surface area (Å²) < 4.78 is 14.5. The van der Waals surface area contributed by atoms with Gasteiger partial charge in [0.2, 0.25) is 0 Å². The van der Waals surface area contributed by atoms with Crippen molar-refractivity contribution in [3.8, 4) is 0 Å². The van der Waals surface area contributed by atoms with Crippen molar-refractivity contribution in [1.29, 1.82) is 0 Å². The molecule has 0 aliphatic heterocycles. The molecule has 0 saturated heterocycles. The lowest BCUT2D eigenvalue weighted by atomic mass is 10.1. The van der Waals surface area contributed by atoms with Crippen LogP contribution in [0.25, 0.3) is 0 Å². The molecule has 0 unspecified atom stereocenters. The van der Waals surface area contributed by atoms with E-state index in [4.69, 9.17) is 14.2 Å². The number of hydrogen-bond acceptors (Lipinski definition) is 7. The van der Waals surface area contributed by atoms with Crippen LogP contribution in [0.3, 0.4) is 0 Å². The molecule has 0 heterocycles. The van der Waals surface area contributed by atoms with Gasteiger partial charge in [-0.05, 0) is 45.6 Å². The lowest BCUT2D eigenvalue weighted by Crippen LogP contribution is -2.05. The maximum Gasteiger partial charge on any atom is 0.333 e. The van der Waals surface area contributed by atoms with Gasteiger partial charge in [0.1, 0.15) is 0 Å². The summed E-state index contributed by atoms with van der Waals surface area (Å²) in [5.41, 5.74) is 0.474. The van der Waals surface area contributed by atoms with E-state index in [9.17, 15) is 19.2 Å². The van der Waals surface area contributed by atoms with E-state index >= 15 is 0 Å². The molecule has 0 rings (SSSR count). The van der Waals surface area contributed by atoms with E-state index in [1.165, 1.54) is 24.6 Å². The molecule has 0 saturated carbocycles. The molecule has 0 spiro atoms. The monoisotopic (exact) mass is 580 g/mol. The van der Waals surface area contributed by atoms with Crippen LogP contribution in [0.15, 0.2) is 49.6 Å². The number of rotatable bonds is 20. The van der Waals surface area contributed by atoms with Crippen molar-refractivity contribution < 1.29 is 33.4 Å². The third kappa shape index (κ3) is 47.2. The second-order valence-electron chi connectivity index (χ2n) is 9.20. The van der Waals surface area contributed by atoms with Crippen LogP contribution in [-0.4, -0.2) is 43.5 Å². The van der Waals surface area contributed by atoms with Crippen LogP contribution >= 0.6 is 0 Å². The molecule has 0 aliphatic carbocycles. The largest absolute Gasteiger partial charge is 0.463 e. The molecule has 7 heteroatoms. The van der Waals surface area contributed by atoms with Crippen molar-refractivity contribution in [3.05, 3.63) is 49.6 Å². The second-order valence-corrected chi connectivity index (χ2v) is 9.20. The highest BCUT2D eigenvalue weighted by atomic mass is 16.5. The number of hydrogen-bond donors (Lipinski definition) is 0. The highest BCUT2D eigenvalue weighted by Crippen LogP contribution is 1.99. The Hall–Kier alpha value is -2.96. The molecule has 0 bridgehead atoms. The van der Waals surface area contributed by atoms with Crippen molar-refractivity contribution in [1.82, 2.24) is 0 Å². The highest BCUT2D eigenvalue weighted by molar-refractivity contribution is 5.89. The number of carbonyl (C=O) groups excluding carboxylic acids is 4. The van der Waals surface area contributed by atoms with Crippen molar-refractivity contribution in [2.24, 2.45) is 0 Å². The van der Waals surface area contributed by atoms with Crippen LogP contribution in [0.1, 0.15) is 125 Å². The Labute approximate surface area is 251 Å². The van der Waals surface area contributed by atoms with Gasteiger partial charge in [0.25, 0.3) is 0 Å². The van der Waals surface area contributed by atoms with Gasteiger partial charge in [-0.15, -0.1) is 0 Å². The summed E-state index contributed by atoms with van der Waals surface area (Å²) in [5, 5.41) is 0. The van der Waals surface area contributed by atoms with Gasteiger partial charge in [0.15, 0.2) is 5.78 Å². The fraction of sp³-hybridized carbons (Fsp3) is 0.647. The van der Waals surface area contributed by atoms with E-state index in [0.717, 1.165) is 70.6 Å².